The molecule has 12 aromatic rings. The molecular weight excluding hydrogens is 1090 g/mol. The lowest BCUT2D eigenvalue weighted by Crippen LogP contribution is -1.95. The van der Waals surface area contributed by atoms with E-state index in [-0.39, 0.29) is 5.97 Å². The molecule has 0 N–H and O–H groups in total. The zero-order chi connectivity index (χ0) is 66.3. The van der Waals surface area contributed by atoms with Gasteiger partial charge in [0.15, 0.2) is 0 Å². The Morgan fingerprint density at radius 1 is 0.189 bits per heavy atom. The molecule has 0 aliphatic carbocycles. The summed E-state index contributed by atoms with van der Waals surface area (Å²) >= 11 is 0. The van der Waals surface area contributed by atoms with Crippen LogP contribution in [0.25, 0.3) is 0 Å². The largest absolute Gasteiger partial charge is 0.466 e. The fourth-order valence-corrected chi connectivity index (χ4v) is 6.62. The van der Waals surface area contributed by atoms with Crippen LogP contribution in [-0.4, -0.2) is 12.6 Å². The lowest BCUT2D eigenvalue weighted by molar-refractivity contribution is -0.140. The fraction of sp³-hybridized carbons (Fsp3) is 0.170. The number of ether oxygens (including phenoxy) is 1. The molecule has 0 unspecified atom stereocenters. The van der Waals surface area contributed by atoms with Crippen LogP contribution in [0, 0.1) is 83.1 Å². The maximum absolute atomic E-state index is 9.82. The molecule has 90 heavy (non-hydrogen) atoms. The zero-order valence-corrected chi connectivity index (χ0v) is 56.7. The molecule has 0 fully saturated rings. The Morgan fingerprint density at radius 3 is 0.289 bits per heavy atom. The third-order valence-electron chi connectivity index (χ3n) is 11.6. The average Bonchev–Trinajstić information content (AvgIpc) is 3.55. The van der Waals surface area contributed by atoms with Crippen molar-refractivity contribution in [1.29, 1.82) is 0 Å². The molecule has 2 heteroatoms. The molecule has 0 heterocycles. The van der Waals surface area contributed by atoms with E-state index in [9.17, 15) is 4.79 Å². The van der Waals surface area contributed by atoms with E-state index in [1.165, 1.54) is 73.7 Å². The van der Waals surface area contributed by atoms with E-state index in [0.717, 1.165) is 0 Å². The number of benzene rings is 12. The Kier molecular flexibility index (Phi) is 51.8. The van der Waals surface area contributed by atoms with E-state index in [1.54, 1.807) is 6.92 Å². The summed E-state index contributed by atoms with van der Waals surface area (Å²) in [5, 5.41) is 0. The Labute approximate surface area is 546 Å². The van der Waals surface area contributed by atoms with Crippen molar-refractivity contribution >= 4 is 5.97 Å². The van der Waals surface area contributed by atoms with Gasteiger partial charge in [-0.15, -0.1) is 0 Å². The van der Waals surface area contributed by atoms with Crippen LogP contribution in [-0.2, 0) is 9.53 Å². The van der Waals surface area contributed by atoms with Gasteiger partial charge in [0.25, 0.3) is 0 Å². The van der Waals surface area contributed by atoms with Crippen LogP contribution < -0.4 is 0 Å². The fourth-order valence-electron chi connectivity index (χ4n) is 6.62. The van der Waals surface area contributed by atoms with Gasteiger partial charge in [0.2, 0.25) is 0 Å². The van der Waals surface area contributed by atoms with Gasteiger partial charge in [0, 0.05) is 6.92 Å². The molecule has 0 aliphatic heterocycles. The molecule has 0 saturated carbocycles. The summed E-state index contributed by atoms with van der Waals surface area (Å²) < 4.78 is 4.40. The van der Waals surface area contributed by atoms with Crippen LogP contribution in [0.2, 0.25) is 0 Å². The molecule has 468 valence electrons. The van der Waals surface area contributed by atoms with Gasteiger partial charge in [-0.1, -0.05) is 431 Å². The lowest BCUT2D eigenvalue weighted by atomic mass is 10.2. The van der Waals surface area contributed by atoms with E-state index in [1.807, 2.05) is 218 Å². The number of hydrogen-bond acceptors (Lipinski definition) is 2. The number of hydrogen-bond donors (Lipinski definition) is 0. The van der Waals surface area contributed by atoms with Crippen LogP contribution >= 0.6 is 0 Å². The molecular formula is C88H104O2. The predicted octanol–water partition coefficient (Wildman–Crippen LogP) is 24.5. The van der Waals surface area contributed by atoms with Gasteiger partial charge in [-0.25, -0.2) is 0 Å². The predicted molar refractivity (Wildman–Crippen MR) is 396 cm³/mol. The summed E-state index contributed by atoms with van der Waals surface area (Å²) in [7, 11) is 0. The van der Waals surface area contributed by atoms with Gasteiger partial charge in [0.05, 0.1) is 6.61 Å². The number of carbonyl (C=O) groups excluding carboxylic acids is 1. The number of carbonyl (C=O) groups is 1. The van der Waals surface area contributed by atoms with E-state index >= 15 is 0 Å². The number of rotatable bonds is 1. The molecule has 0 aliphatic rings. The topological polar surface area (TPSA) is 26.3 Å². The Morgan fingerprint density at radius 2 is 0.267 bits per heavy atom. The highest BCUT2D eigenvalue weighted by molar-refractivity contribution is 5.65. The highest BCUT2D eigenvalue weighted by Crippen LogP contribution is 1.99. The second kappa shape index (κ2) is 58.1. The van der Waals surface area contributed by atoms with Crippen molar-refractivity contribution in [2.75, 3.05) is 6.61 Å². The number of esters is 1. The van der Waals surface area contributed by atoms with Crippen molar-refractivity contribution in [3.8, 4) is 0 Å². The Hall–Kier alpha value is -9.89. The standard InChI is InChI=1S/12C7H8.C4H8O2/c12*1-7-5-3-2-4-6-7;1-3-6-4(2)5/h12*2-6H,1H3;3H2,1-2H3. The van der Waals surface area contributed by atoms with Crippen molar-refractivity contribution in [3.63, 3.8) is 0 Å². The summed E-state index contributed by atoms with van der Waals surface area (Å²) in [4.78, 5) is 9.82. The van der Waals surface area contributed by atoms with Gasteiger partial charge in [-0.05, 0) is 90.0 Å². The monoisotopic (exact) mass is 1190 g/mol. The SMILES string of the molecule is CCOC(C)=O.Cc1ccccc1.Cc1ccccc1.Cc1ccccc1.Cc1ccccc1.Cc1ccccc1.Cc1ccccc1.Cc1ccccc1.Cc1ccccc1.Cc1ccccc1.Cc1ccccc1.Cc1ccccc1.Cc1ccccc1. The van der Waals surface area contributed by atoms with Crippen LogP contribution in [0.4, 0.5) is 0 Å². The van der Waals surface area contributed by atoms with Crippen molar-refractivity contribution < 1.29 is 9.53 Å². The minimum Gasteiger partial charge on any atom is -0.466 e. The van der Waals surface area contributed by atoms with E-state index in [4.69, 9.17) is 0 Å². The van der Waals surface area contributed by atoms with Crippen molar-refractivity contribution in [2.45, 2.75) is 96.9 Å². The minimum atomic E-state index is -0.211. The average molecular weight is 1190 g/mol. The van der Waals surface area contributed by atoms with Crippen LogP contribution in [0.15, 0.2) is 364 Å². The highest BCUT2D eigenvalue weighted by atomic mass is 16.5. The first-order valence-electron chi connectivity index (χ1n) is 30.8. The molecule has 2 nitrogen and oxygen atoms in total. The third-order valence-corrected chi connectivity index (χ3v) is 11.6. The van der Waals surface area contributed by atoms with Gasteiger partial charge in [-0.3, -0.25) is 4.79 Å². The van der Waals surface area contributed by atoms with Crippen LogP contribution in [0.3, 0.4) is 0 Å². The summed E-state index contributed by atoms with van der Waals surface area (Å²) in [5.74, 6) is -0.211. The molecule has 0 bridgehead atoms. The van der Waals surface area contributed by atoms with E-state index in [0.29, 0.717) is 6.61 Å². The smallest absolute Gasteiger partial charge is 0.302 e. The highest BCUT2D eigenvalue weighted by Gasteiger charge is 1.82. The third kappa shape index (κ3) is 58.5. The zero-order valence-electron chi connectivity index (χ0n) is 56.7. The summed E-state index contributed by atoms with van der Waals surface area (Å²) in [6.07, 6.45) is 0. The van der Waals surface area contributed by atoms with Crippen molar-refractivity contribution in [1.82, 2.24) is 0 Å². The molecule has 12 aromatic carbocycles. The summed E-state index contributed by atoms with van der Waals surface area (Å²) in [6.45, 7) is 28.7. The molecule has 0 spiro atoms. The normalized spacial score (nSPS) is 8.64. The summed E-state index contributed by atoms with van der Waals surface area (Å²) in [5.41, 5.74) is 15.9. The Bertz CT molecular complexity index is 2520. The minimum absolute atomic E-state index is 0.211. The maximum Gasteiger partial charge on any atom is 0.302 e. The first kappa shape index (κ1) is 80.1. The Balaban J connectivity index is 0.000000954. The van der Waals surface area contributed by atoms with E-state index in [2.05, 4.69) is 233 Å². The van der Waals surface area contributed by atoms with Gasteiger partial charge < -0.3 is 4.74 Å². The van der Waals surface area contributed by atoms with Gasteiger partial charge >= 0.3 is 5.97 Å². The molecule has 0 aromatic heterocycles. The second-order valence-corrected chi connectivity index (χ2v) is 20.8. The molecule has 0 atom stereocenters. The van der Waals surface area contributed by atoms with Crippen molar-refractivity contribution in [3.05, 3.63) is 431 Å². The van der Waals surface area contributed by atoms with Gasteiger partial charge in [-0.2, -0.15) is 0 Å². The number of aryl methyl sites for hydroxylation is 12. The summed E-state index contributed by atoms with van der Waals surface area (Å²) in [6, 6.07) is 123. The van der Waals surface area contributed by atoms with Crippen molar-refractivity contribution in [2.24, 2.45) is 0 Å². The molecule has 0 radical (unpaired) electrons. The van der Waals surface area contributed by atoms with E-state index < -0.39 is 0 Å². The second-order valence-electron chi connectivity index (χ2n) is 20.8. The maximum atomic E-state index is 9.82. The first-order valence-corrected chi connectivity index (χ1v) is 30.8. The molecule has 0 saturated heterocycles. The van der Waals surface area contributed by atoms with Crippen LogP contribution in [0.1, 0.15) is 80.6 Å². The van der Waals surface area contributed by atoms with Crippen LogP contribution in [0.5, 0.6) is 0 Å². The molecule has 0 amide bonds. The van der Waals surface area contributed by atoms with Gasteiger partial charge in [0.1, 0.15) is 0 Å². The first-order chi connectivity index (χ1) is 43.5. The lowest BCUT2D eigenvalue weighted by Gasteiger charge is -1.89. The molecule has 12 rings (SSSR count). The quantitative estimate of drug-likeness (QED) is 0.153.